The number of amides is 1. The third-order valence-electron chi connectivity index (χ3n) is 5.16. The van der Waals surface area contributed by atoms with Gasteiger partial charge in [-0.25, -0.2) is 9.37 Å². The third-order valence-corrected chi connectivity index (χ3v) is 6.16. The summed E-state index contributed by atoms with van der Waals surface area (Å²) in [6, 6.07) is 1.59. The lowest BCUT2D eigenvalue weighted by Crippen LogP contribution is -2.19. The van der Waals surface area contributed by atoms with Crippen molar-refractivity contribution in [3.63, 3.8) is 0 Å². The molecule has 1 aliphatic rings. The van der Waals surface area contributed by atoms with E-state index in [1.807, 2.05) is 0 Å². The van der Waals surface area contributed by atoms with Crippen LogP contribution in [0.3, 0.4) is 0 Å². The van der Waals surface area contributed by atoms with E-state index in [9.17, 15) is 9.18 Å². The van der Waals surface area contributed by atoms with Gasteiger partial charge in [-0.3, -0.25) is 15.1 Å². The lowest BCUT2D eigenvalue weighted by Gasteiger charge is -2.20. The number of hydrogen-bond acceptors (Lipinski definition) is 8. The smallest absolute Gasteiger partial charge is 0.296 e. The van der Waals surface area contributed by atoms with Crippen LogP contribution in [0.1, 0.15) is 48.2 Å². The molecule has 1 fully saturated rings. The van der Waals surface area contributed by atoms with Gasteiger partial charge in [0.15, 0.2) is 11.0 Å². The van der Waals surface area contributed by atoms with Gasteiger partial charge in [0.2, 0.25) is 5.13 Å². The lowest BCUT2D eigenvalue weighted by molar-refractivity contribution is 0.102. The Kier molecular flexibility index (Phi) is 6.80. The molecule has 1 amide bonds. The molecular weight excluding hydrogens is 457 g/mol. The van der Waals surface area contributed by atoms with Gasteiger partial charge in [-0.15, -0.1) is 5.10 Å². The Morgan fingerprint density at radius 2 is 2.00 bits per heavy atom. The quantitative estimate of drug-likeness (QED) is 0.495. The molecule has 32 heavy (non-hydrogen) atoms. The van der Waals surface area contributed by atoms with Gasteiger partial charge in [-0.05, 0) is 50.0 Å². The van der Waals surface area contributed by atoms with E-state index < -0.39 is 11.7 Å². The predicted molar refractivity (Wildman–Crippen MR) is 119 cm³/mol. The molecule has 0 saturated heterocycles. The Balaban J connectivity index is 1.60. The first-order valence-corrected chi connectivity index (χ1v) is 11.3. The molecule has 3 aromatic heterocycles. The van der Waals surface area contributed by atoms with Crippen LogP contribution in [0.25, 0.3) is 11.1 Å². The Morgan fingerprint density at radius 3 is 2.75 bits per heavy atom. The van der Waals surface area contributed by atoms with Crippen LogP contribution in [0.4, 0.5) is 9.52 Å². The highest BCUT2D eigenvalue weighted by atomic mass is 35.5. The van der Waals surface area contributed by atoms with Crippen LogP contribution in [-0.2, 0) is 0 Å². The zero-order chi connectivity index (χ0) is 22.7. The second kappa shape index (κ2) is 9.74. The van der Waals surface area contributed by atoms with Crippen LogP contribution < -0.4 is 14.8 Å². The second-order valence-electron chi connectivity index (χ2n) is 7.38. The number of methoxy groups -OCH3 is 1. The van der Waals surface area contributed by atoms with Crippen molar-refractivity contribution in [2.45, 2.75) is 45.1 Å². The van der Waals surface area contributed by atoms with Crippen molar-refractivity contribution in [2.24, 2.45) is 0 Å². The van der Waals surface area contributed by atoms with Gasteiger partial charge in [-0.1, -0.05) is 23.1 Å². The number of carbonyl (C=O) groups is 1. The molecule has 0 atom stereocenters. The van der Waals surface area contributed by atoms with Gasteiger partial charge in [-0.2, -0.15) is 0 Å². The fraction of sp³-hybridized carbons (Fsp3) is 0.381. The zero-order valence-corrected chi connectivity index (χ0v) is 19.1. The third kappa shape index (κ3) is 4.81. The minimum Gasteiger partial charge on any atom is -0.494 e. The van der Waals surface area contributed by atoms with Crippen molar-refractivity contribution in [1.82, 2.24) is 20.2 Å². The van der Waals surface area contributed by atoms with E-state index in [0.717, 1.165) is 37.0 Å². The van der Waals surface area contributed by atoms with Crippen molar-refractivity contribution >= 4 is 34.0 Å². The molecule has 4 rings (SSSR count). The van der Waals surface area contributed by atoms with E-state index in [-0.39, 0.29) is 38.8 Å². The van der Waals surface area contributed by atoms with Gasteiger partial charge < -0.3 is 9.47 Å². The Hall–Kier alpha value is -2.85. The van der Waals surface area contributed by atoms with Crippen LogP contribution >= 0.6 is 22.9 Å². The van der Waals surface area contributed by atoms with Gasteiger partial charge in [0.1, 0.15) is 11.9 Å². The molecule has 0 unspecified atom stereocenters. The number of pyridine rings is 2. The molecule has 0 aromatic carbocycles. The first-order chi connectivity index (χ1) is 15.5. The van der Waals surface area contributed by atoms with Crippen molar-refractivity contribution < 1.29 is 18.7 Å². The average Bonchev–Trinajstić information content (AvgIpc) is 3.22. The highest BCUT2D eigenvalue weighted by Crippen LogP contribution is 2.37. The van der Waals surface area contributed by atoms with Gasteiger partial charge in [0, 0.05) is 17.5 Å². The van der Waals surface area contributed by atoms with E-state index in [1.54, 1.807) is 13.0 Å². The summed E-state index contributed by atoms with van der Waals surface area (Å²) in [5, 5.41) is 11.1. The van der Waals surface area contributed by atoms with Crippen LogP contribution in [-0.4, -0.2) is 39.3 Å². The normalized spacial score (nSPS) is 14.2. The summed E-state index contributed by atoms with van der Waals surface area (Å²) in [5.41, 5.74) is 1.02. The van der Waals surface area contributed by atoms with E-state index in [4.69, 9.17) is 21.1 Å². The molecule has 0 radical (unpaired) electrons. The average molecular weight is 478 g/mol. The fourth-order valence-electron chi connectivity index (χ4n) is 3.60. The van der Waals surface area contributed by atoms with Gasteiger partial charge in [0.05, 0.1) is 24.4 Å². The van der Waals surface area contributed by atoms with Crippen LogP contribution in [0.5, 0.6) is 10.9 Å². The van der Waals surface area contributed by atoms with Crippen molar-refractivity contribution in [1.29, 1.82) is 0 Å². The van der Waals surface area contributed by atoms with Crippen molar-refractivity contribution in [3.05, 3.63) is 40.7 Å². The molecule has 3 aromatic rings. The molecule has 11 heteroatoms. The minimum atomic E-state index is -0.787. The number of anilines is 1. The molecule has 0 bridgehead atoms. The number of nitrogens with zero attached hydrogens (tertiary/aromatic N) is 4. The molecule has 8 nitrogen and oxygen atoms in total. The molecular formula is C21H21ClFN5O3S. The van der Waals surface area contributed by atoms with Crippen molar-refractivity contribution in [2.75, 3.05) is 12.4 Å². The largest absolute Gasteiger partial charge is 0.494 e. The number of aryl methyl sites for hydroxylation is 1. The topological polar surface area (TPSA) is 99.1 Å². The van der Waals surface area contributed by atoms with Crippen molar-refractivity contribution in [3.8, 4) is 22.1 Å². The lowest BCUT2D eigenvalue weighted by atomic mass is 9.98. The Labute approximate surface area is 193 Å². The van der Waals surface area contributed by atoms with Crippen LogP contribution in [0.15, 0.2) is 18.5 Å². The maximum atomic E-state index is 14.9. The standard InChI is InChI=1S/C21H21ClFN5O3S/c1-11-8-13(16-15(30-2)10-25-18(22)17(16)23)14(9-24-11)19(29)26-20-27-28-21(32-20)31-12-6-4-3-5-7-12/h8-10,12H,3-7H2,1-2H3,(H,26,27,29). The summed E-state index contributed by atoms with van der Waals surface area (Å²) >= 11 is 7.03. The molecule has 0 spiro atoms. The molecule has 1 saturated carbocycles. The first kappa shape index (κ1) is 22.3. The highest BCUT2D eigenvalue weighted by Gasteiger charge is 2.24. The monoisotopic (exact) mass is 477 g/mol. The maximum Gasteiger partial charge on any atom is 0.296 e. The summed E-state index contributed by atoms with van der Waals surface area (Å²) in [5.74, 6) is -1.17. The SMILES string of the molecule is COc1cnc(Cl)c(F)c1-c1cc(C)ncc1C(=O)Nc1nnc(OC2CCCCC2)s1. The van der Waals surface area contributed by atoms with E-state index in [1.165, 1.54) is 25.9 Å². The van der Waals surface area contributed by atoms with E-state index in [0.29, 0.717) is 10.9 Å². The number of nitrogens with one attached hydrogen (secondary N) is 1. The highest BCUT2D eigenvalue weighted by molar-refractivity contribution is 7.17. The molecule has 1 aliphatic carbocycles. The first-order valence-electron chi connectivity index (χ1n) is 10.1. The fourth-order valence-corrected chi connectivity index (χ4v) is 4.40. The molecule has 168 valence electrons. The second-order valence-corrected chi connectivity index (χ2v) is 8.68. The maximum absolute atomic E-state index is 14.9. The van der Waals surface area contributed by atoms with Gasteiger partial charge >= 0.3 is 0 Å². The Bertz CT molecular complexity index is 1140. The summed E-state index contributed by atoms with van der Waals surface area (Å²) < 4.78 is 26.0. The summed E-state index contributed by atoms with van der Waals surface area (Å²) in [7, 11) is 1.39. The van der Waals surface area contributed by atoms with Gasteiger partial charge in [0.25, 0.3) is 11.1 Å². The number of halogens is 2. The number of ether oxygens (including phenoxy) is 2. The van der Waals surface area contributed by atoms with Crippen LogP contribution in [0, 0.1) is 12.7 Å². The van der Waals surface area contributed by atoms with E-state index >= 15 is 0 Å². The number of rotatable bonds is 6. The minimum absolute atomic E-state index is 0.0294. The molecule has 3 heterocycles. The number of carbonyl (C=O) groups excluding carboxylic acids is 1. The van der Waals surface area contributed by atoms with E-state index in [2.05, 4.69) is 25.5 Å². The number of aromatic nitrogens is 4. The zero-order valence-electron chi connectivity index (χ0n) is 17.5. The predicted octanol–water partition coefficient (Wildman–Crippen LogP) is 5.07. The molecule has 1 N–H and O–H groups in total. The molecule has 0 aliphatic heterocycles. The summed E-state index contributed by atoms with van der Waals surface area (Å²) in [4.78, 5) is 21.0. The Morgan fingerprint density at radius 1 is 1.22 bits per heavy atom. The summed E-state index contributed by atoms with van der Waals surface area (Å²) in [6.45, 7) is 1.73. The van der Waals surface area contributed by atoms with Crippen LogP contribution in [0.2, 0.25) is 5.15 Å². The summed E-state index contributed by atoms with van der Waals surface area (Å²) in [6.07, 6.45) is 8.26. The number of hydrogen-bond donors (Lipinski definition) is 1.